The van der Waals surface area contributed by atoms with Gasteiger partial charge in [0.25, 0.3) is 0 Å². The van der Waals surface area contributed by atoms with Crippen molar-refractivity contribution >= 4 is 11.9 Å². The van der Waals surface area contributed by atoms with Gasteiger partial charge < -0.3 is 10.6 Å². The van der Waals surface area contributed by atoms with Gasteiger partial charge in [-0.15, -0.1) is 0 Å². The summed E-state index contributed by atoms with van der Waals surface area (Å²) in [5.74, 6) is 0.655. The van der Waals surface area contributed by atoms with Gasteiger partial charge >= 0.3 is 0 Å². The Bertz CT molecular complexity index is 128. The summed E-state index contributed by atoms with van der Waals surface area (Å²) in [6.07, 6.45) is 2.07. The predicted molar refractivity (Wildman–Crippen MR) is 71.3 cm³/mol. The van der Waals surface area contributed by atoms with Crippen molar-refractivity contribution in [1.82, 2.24) is 15.4 Å². The van der Waals surface area contributed by atoms with Gasteiger partial charge in [0.05, 0.1) is 0 Å². The highest BCUT2D eigenvalue weighted by Gasteiger charge is 2.09. The lowest BCUT2D eigenvalue weighted by Gasteiger charge is -2.21. The maximum Gasteiger partial charge on any atom is 0.0111 e. The second-order valence-electron chi connectivity index (χ2n) is 4.54. The summed E-state index contributed by atoms with van der Waals surface area (Å²) in [4.78, 5) is 0. The van der Waals surface area contributed by atoms with Crippen molar-refractivity contribution in [3.8, 4) is 0 Å². The molecule has 0 spiro atoms. The largest absolute Gasteiger partial charge is 0.314 e. The van der Waals surface area contributed by atoms with E-state index in [2.05, 4.69) is 49.3 Å². The average Bonchev–Trinajstić information content (AvgIpc) is 2.16. The molecule has 0 heterocycles. The standard InChI is InChI=1S/C11H27N3S/c1-9(2)12-6-11(8-14-15-5)7-13-10(3)4/h9-14H,6-8H2,1-5H3. The molecule has 0 unspecified atom stereocenters. The molecule has 0 aromatic rings. The Labute approximate surface area is 99.3 Å². The highest BCUT2D eigenvalue weighted by Crippen LogP contribution is 1.96. The van der Waals surface area contributed by atoms with Gasteiger partial charge in [0.1, 0.15) is 0 Å². The lowest BCUT2D eigenvalue weighted by Crippen LogP contribution is -2.40. The fourth-order valence-electron chi connectivity index (χ4n) is 1.22. The van der Waals surface area contributed by atoms with Gasteiger partial charge in [-0.25, -0.2) is 0 Å². The van der Waals surface area contributed by atoms with Gasteiger partial charge in [-0.3, -0.25) is 4.72 Å². The van der Waals surface area contributed by atoms with E-state index in [9.17, 15) is 0 Å². The van der Waals surface area contributed by atoms with Crippen LogP contribution in [0, 0.1) is 5.92 Å². The first-order valence-electron chi connectivity index (χ1n) is 5.78. The van der Waals surface area contributed by atoms with Gasteiger partial charge in [0.2, 0.25) is 0 Å². The van der Waals surface area contributed by atoms with Crippen molar-refractivity contribution in [2.24, 2.45) is 5.92 Å². The molecule has 15 heavy (non-hydrogen) atoms. The third-order valence-electron chi connectivity index (χ3n) is 2.15. The lowest BCUT2D eigenvalue weighted by molar-refractivity contribution is 0.408. The quantitative estimate of drug-likeness (QED) is 0.527. The predicted octanol–water partition coefficient (Wildman–Crippen LogP) is 1.47. The van der Waals surface area contributed by atoms with Gasteiger partial charge in [0.15, 0.2) is 0 Å². The van der Waals surface area contributed by atoms with Gasteiger partial charge in [0, 0.05) is 31.7 Å². The molecule has 3 nitrogen and oxygen atoms in total. The van der Waals surface area contributed by atoms with E-state index < -0.39 is 0 Å². The molecular weight excluding hydrogens is 206 g/mol. The van der Waals surface area contributed by atoms with E-state index in [1.54, 1.807) is 11.9 Å². The normalized spacial score (nSPS) is 12.0. The molecule has 0 aliphatic heterocycles. The Morgan fingerprint density at radius 1 is 0.867 bits per heavy atom. The summed E-state index contributed by atoms with van der Waals surface area (Å²) >= 11 is 1.69. The first-order valence-corrected chi connectivity index (χ1v) is 7.01. The van der Waals surface area contributed by atoms with Gasteiger partial charge in [-0.05, 0) is 12.2 Å². The van der Waals surface area contributed by atoms with Crippen LogP contribution in [0.15, 0.2) is 0 Å². The molecule has 0 rings (SSSR count). The van der Waals surface area contributed by atoms with E-state index in [4.69, 9.17) is 0 Å². The van der Waals surface area contributed by atoms with Gasteiger partial charge in [-0.2, -0.15) is 0 Å². The molecule has 0 aromatic heterocycles. The van der Waals surface area contributed by atoms with Crippen LogP contribution in [-0.2, 0) is 0 Å². The van der Waals surface area contributed by atoms with Gasteiger partial charge in [-0.1, -0.05) is 39.6 Å². The fraction of sp³-hybridized carbons (Fsp3) is 1.00. The number of hydrogen-bond acceptors (Lipinski definition) is 4. The zero-order valence-corrected chi connectivity index (χ0v) is 11.6. The number of rotatable bonds is 9. The van der Waals surface area contributed by atoms with Crippen molar-refractivity contribution in [2.75, 3.05) is 25.9 Å². The zero-order chi connectivity index (χ0) is 11.7. The third-order valence-corrected chi connectivity index (χ3v) is 2.60. The molecule has 0 amide bonds. The van der Waals surface area contributed by atoms with Crippen LogP contribution in [0.2, 0.25) is 0 Å². The number of hydrogen-bond donors (Lipinski definition) is 3. The van der Waals surface area contributed by atoms with Crippen LogP contribution >= 0.6 is 11.9 Å². The highest BCUT2D eigenvalue weighted by molar-refractivity contribution is 7.96. The molecule has 0 aliphatic carbocycles. The Morgan fingerprint density at radius 2 is 1.33 bits per heavy atom. The monoisotopic (exact) mass is 233 g/mol. The lowest BCUT2D eigenvalue weighted by atomic mass is 10.1. The summed E-state index contributed by atoms with van der Waals surface area (Å²) in [6.45, 7) is 12.0. The topological polar surface area (TPSA) is 36.1 Å². The molecule has 0 saturated heterocycles. The average molecular weight is 233 g/mol. The molecule has 0 aliphatic rings. The minimum atomic E-state index is 0.570. The molecule has 0 radical (unpaired) electrons. The van der Waals surface area contributed by atoms with E-state index in [1.165, 1.54) is 0 Å². The minimum absolute atomic E-state index is 0.570. The summed E-state index contributed by atoms with van der Waals surface area (Å²) < 4.78 is 3.33. The first-order chi connectivity index (χ1) is 7.06. The Hall–Kier alpha value is 0.230. The zero-order valence-electron chi connectivity index (χ0n) is 10.8. The molecule has 4 heteroatoms. The SMILES string of the molecule is CSNCC(CNC(C)C)CNC(C)C. The minimum Gasteiger partial charge on any atom is -0.314 e. The molecule has 0 bridgehead atoms. The molecule has 0 fully saturated rings. The number of nitrogens with one attached hydrogen (secondary N) is 3. The first kappa shape index (κ1) is 15.2. The summed E-state index contributed by atoms with van der Waals surface area (Å²) in [5.41, 5.74) is 0. The maximum absolute atomic E-state index is 3.49. The second kappa shape index (κ2) is 9.46. The van der Waals surface area contributed by atoms with Crippen molar-refractivity contribution in [1.29, 1.82) is 0 Å². The van der Waals surface area contributed by atoms with Crippen LogP contribution in [0.5, 0.6) is 0 Å². The second-order valence-corrected chi connectivity index (χ2v) is 5.24. The van der Waals surface area contributed by atoms with E-state index in [0.29, 0.717) is 18.0 Å². The van der Waals surface area contributed by atoms with Crippen LogP contribution in [0.4, 0.5) is 0 Å². The fourth-order valence-corrected chi connectivity index (χ4v) is 1.62. The van der Waals surface area contributed by atoms with Crippen LogP contribution in [-0.4, -0.2) is 38.0 Å². The van der Waals surface area contributed by atoms with E-state index in [1.807, 2.05) is 0 Å². The van der Waals surface area contributed by atoms with Crippen LogP contribution < -0.4 is 15.4 Å². The Kier molecular flexibility index (Phi) is 9.60. The summed E-state index contributed by atoms with van der Waals surface area (Å²) in [7, 11) is 0. The van der Waals surface area contributed by atoms with E-state index in [-0.39, 0.29) is 0 Å². The van der Waals surface area contributed by atoms with Crippen molar-refractivity contribution in [3.63, 3.8) is 0 Å². The third kappa shape index (κ3) is 10.5. The maximum atomic E-state index is 3.49. The molecule has 0 saturated carbocycles. The molecule has 0 aromatic carbocycles. The Morgan fingerprint density at radius 3 is 1.67 bits per heavy atom. The molecular formula is C11H27N3S. The van der Waals surface area contributed by atoms with Crippen LogP contribution in [0.25, 0.3) is 0 Å². The van der Waals surface area contributed by atoms with Crippen molar-refractivity contribution < 1.29 is 0 Å². The van der Waals surface area contributed by atoms with Crippen molar-refractivity contribution in [2.45, 2.75) is 39.8 Å². The van der Waals surface area contributed by atoms with Crippen LogP contribution in [0.1, 0.15) is 27.7 Å². The molecule has 92 valence electrons. The van der Waals surface area contributed by atoms with Crippen LogP contribution in [0.3, 0.4) is 0 Å². The molecule has 0 atom stereocenters. The van der Waals surface area contributed by atoms with E-state index in [0.717, 1.165) is 19.6 Å². The van der Waals surface area contributed by atoms with Crippen molar-refractivity contribution in [3.05, 3.63) is 0 Å². The molecule has 3 N–H and O–H groups in total. The smallest absolute Gasteiger partial charge is 0.0111 e. The summed E-state index contributed by atoms with van der Waals surface area (Å²) in [5, 5.41) is 6.98. The Balaban J connectivity index is 3.73. The van der Waals surface area contributed by atoms with E-state index >= 15 is 0 Å². The summed E-state index contributed by atoms with van der Waals surface area (Å²) in [6, 6.07) is 1.14. The highest BCUT2D eigenvalue weighted by atomic mass is 32.2.